The zero-order chi connectivity index (χ0) is 19.2. The van der Waals surface area contributed by atoms with E-state index in [-0.39, 0.29) is 11.4 Å². The molecule has 0 unspecified atom stereocenters. The molecule has 0 aliphatic heterocycles. The number of rotatable bonds is 4. The Bertz CT molecular complexity index is 1060. The SMILES string of the molecule is CCSc1cc(C2(C#N)CC2)ccc1-c1nc2cc(C(F)(F)F)ccc2o1. The van der Waals surface area contributed by atoms with E-state index >= 15 is 0 Å². The van der Waals surface area contributed by atoms with Gasteiger partial charge in [0, 0.05) is 4.90 Å². The first-order chi connectivity index (χ1) is 12.9. The van der Waals surface area contributed by atoms with Gasteiger partial charge in [-0.3, -0.25) is 0 Å². The number of benzene rings is 2. The fraction of sp³-hybridized carbons (Fsp3) is 0.300. The molecule has 0 spiro atoms. The van der Waals surface area contributed by atoms with E-state index in [1.165, 1.54) is 6.07 Å². The lowest BCUT2D eigenvalue weighted by Crippen LogP contribution is -2.04. The lowest BCUT2D eigenvalue weighted by Gasteiger charge is -2.11. The summed E-state index contributed by atoms with van der Waals surface area (Å²) in [5, 5.41) is 9.42. The van der Waals surface area contributed by atoms with Crippen LogP contribution in [0.3, 0.4) is 0 Å². The van der Waals surface area contributed by atoms with Crippen LogP contribution in [0.25, 0.3) is 22.6 Å². The summed E-state index contributed by atoms with van der Waals surface area (Å²) in [4.78, 5) is 5.20. The maximum atomic E-state index is 12.9. The third-order valence-corrected chi connectivity index (χ3v) is 5.68. The van der Waals surface area contributed by atoms with Crippen molar-refractivity contribution in [3.63, 3.8) is 0 Å². The Hall–Kier alpha value is -2.46. The minimum Gasteiger partial charge on any atom is -0.436 e. The molecule has 2 aromatic carbocycles. The van der Waals surface area contributed by atoms with Gasteiger partial charge in [0.25, 0.3) is 0 Å². The molecule has 1 saturated carbocycles. The molecule has 3 nitrogen and oxygen atoms in total. The van der Waals surface area contributed by atoms with Crippen molar-refractivity contribution in [1.29, 1.82) is 5.26 Å². The number of hydrogen-bond donors (Lipinski definition) is 0. The van der Waals surface area contributed by atoms with Crippen molar-refractivity contribution in [1.82, 2.24) is 4.98 Å². The van der Waals surface area contributed by atoms with Gasteiger partial charge < -0.3 is 4.42 Å². The Balaban J connectivity index is 1.79. The van der Waals surface area contributed by atoms with Crippen LogP contribution in [0.1, 0.15) is 30.9 Å². The zero-order valence-corrected chi connectivity index (χ0v) is 15.2. The van der Waals surface area contributed by atoms with E-state index in [1.807, 2.05) is 25.1 Å². The van der Waals surface area contributed by atoms with Gasteiger partial charge in [0.05, 0.1) is 22.6 Å². The number of nitriles is 1. The smallest absolute Gasteiger partial charge is 0.416 e. The molecule has 27 heavy (non-hydrogen) atoms. The molecule has 0 N–H and O–H groups in total. The molecule has 1 aliphatic rings. The highest BCUT2D eigenvalue weighted by Gasteiger charge is 2.45. The molecule has 0 atom stereocenters. The van der Waals surface area contributed by atoms with Crippen molar-refractivity contribution < 1.29 is 17.6 Å². The van der Waals surface area contributed by atoms with Crippen molar-refractivity contribution >= 4 is 22.9 Å². The molecule has 0 radical (unpaired) electrons. The number of aromatic nitrogens is 1. The summed E-state index contributed by atoms with van der Waals surface area (Å²) >= 11 is 1.59. The second-order valence-corrected chi connectivity index (χ2v) is 7.84. The van der Waals surface area contributed by atoms with E-state index in [1.54, 1.807) is 11.8 Å². The molecule has 1 aromatic heterocycles. The van der Waals surface area contributed by atoms with Crippen LogP contribution in [-0.4, -0.2) is 10.7 Å². The lowest BCUT2D eigenvalue weighted by molar-refractivity contribution is -0.137. The second kappa shape index (κ2) is 6.31. The Labute approximate surface area is 158 Å². The van der Waals surface area contributed by atoms with Crippen molar-refractivity contribution in [3.05, 3.63) is 47.5 Å². The highest BCUT2D eigenvalue weighted by molar-refractivity contribution is 7.99. The van der Waals surface area contributed by atoms with Crippen LogP contribution < -0.4 is 0 Å². The van der Waals surface area contributed by atoms with Crippen molar-refractivity contribution in [2.75, 3.05) is 5.75 Å². The van der Waals surface area contributed by atoms with E-state index in [2.05, 4.69) is 11.1 Å². The largest absolute Gasteiger partial charge is 0.436 e. The highest BCUT2D eigenvalue weighted by atomic mass is 32.2. The summed E-state index contributed by atoms with van der Waals surface area (Å²) in [7, 11) is 0. The normalized spacial score (nSPS) is 15.7. The monoisotopic (exact) mass is 388 g/mol. The highest BCUT2D eigenvalue weighted by Crippen LogP contribution is 2.49. The third kappa shape index (κ3) is 3.19. The number of fused-ring (bicyclic) bond motifs is 1. The standard InChI is InChI=1S/C20H15F3N2OS/c1-2-27-17-10-12(19(11-24)7-8-19)3-5-14(17)18-25-15-9-13(20(21,22)23)4-6-16(15)26-18/h3-6,9-10H,2,7-8H2,1H3. The number of oxazole rings is 1. The van der Waals surface area contributed by atoms with Crippen LogP contribution in [0.5, 0.6) is 0 Å². The number of hydrogen-bond acceptors (Lipinski definition) is 4. The van der Waals surface area contributed by atoms with Crippen LogP contribution >= 0.6 is 11.8 Å². The predicted molar refractivity (Wildman–Crippen MR) is 97.4 cm³/mol. The van der Waals surface area contributed by atoms with Crippen molar-refractivity contribution in [2.24, 2.45) is 0 Å². The van der Waals surface area contributed by atoms with Gasteiger partial charge in [-0.1, -0.05) is 13.0 Å². The molecule has 0 amide bonds. The minimum absolute atomic E-state index is 0.173. The fourth-order valence-electron chi connectivity index (χ4n) is 3.08. The average molecular weight is 388 g/mol. The van der Waals surface area contributed by atoms with Gasteiger partial charge in [0.15, 0.2) is 5.58 Å². The summed E-state index contributed by atoms with van der Waals surface area (Å²) in [5.41, 5.74) is 1.03. The number of thioether (sulfide) groups is 1. The molecule has 4 rings (SSSR count). The van der Waals surface area contributed by atoms with Gasteiger partial charge in [-0.25, -0.2) is 4.98 Å². The van der Waals surface area contributed by atoms with Gasteiger partial charge in [0.2, 0.25) is 5.89 Å². The molecule has 1 aliphatic carbocycles. The molecular weight excluding hydrogens is 373 g/mol. The molecular formula is C20H15F3N2OS. The van der Waals surface area contributed by atoms with Crippen LogP contribution in [0.2, 0.25) is 0 Å². The zero-order valence-electron chi connectivity index (χ0n) is 14.4. The number of nitrogens with zero attached hydrogens (tertiary/aromatic N) is 2. The van der Waals surface area contributed by atoms with Gasteiger partial charge in [-0.05, 0) is 54.5 Å². The molecule has 138 valence electrons. The Kier molecular flexibility index (Phi) is 4.19. The van der Waals surface area contributed by atoms with Gasteiger partial charge in [-0.15, -0.1) is 11.8 Å². The summed E-state index contributed by atoms with van der Waals surface area (Å²) in [5.74, 6) is 1.10. The molecule has 0 bridgehead atoms. The Morgan fingerprint density at radius 2 is 2.00 bits per heavy atom. The topological polar surface area (TPSA) is 49.8 Å². The minimum atomic E-state index is -4.42. The molecule has 1 fully saturated rings. The summed E-state index contributed by atoms with van der Waals surface area (Å²) in [6.45, 7) is 2.01. The van der Waals surface area contributed by atoms with Gasteiger partial charge >= 0.3 is 6.18 Å². The average Bonchev–Trinajstić information content (AvgIpc) is 3.32. The third-order valence-electron chi connectivity index (χ3n) is 4.74. The van der Waals surface area contributed by atoms with Crippen LogP contribution in [0.4, 0.5) is 13.2 Å². The van der Waals surface area contributed by atoms with E-state index < -0.39 is 17.2 Å². The lowest BCUT2D eigenvalue weighted by atomic mass is 9.96. The van der Waals surface area contributed by atoms with Crippen molar-refractivity contribution in [3.8, 4) is 17.5 Å². The van der Waals surface area contributed by atoms with Gasteiger partial charge in [-0.2, -0.15) is 18.4 Å². The molecule has 1 heterocycles. The first-order valence-corrected chi connectivity index (χ1v) is 9.51. The maximum Gasteiger partial charge on any atom is 0.416 e. The summed E-state index contributed by atoms with van der Waals surface area (Å²) < 4.78 is 44.5. The molecule has 0 saturated heterocycles. The quantitative estimate of drug-likeness (QED) is 0.501. The fourth-order valence-corrected chi connectivity index (χ4v) is 3.91. The molecule has 3 aromatic rings. The van der Waals surface area contributed by atoms with E-state index in [0.717, 1.165) is 46.7 Å². The van der Waals surface area contributed by atoms with Gasteiger partial charge in [0.1, 0.15) is 5.52 Å². The van der Waals surface area contributed by atoms with Crippen LogP contribution in [0, 0.1) is 11.3 Å². The van der Waals surface area contributed by atoms with Crippen molar-refractivity contribution in [2.45, 2.75) is 36.3 Å². The first-order valence-electron chi connectivity index (χ1n) is 8.53. The van der Waals surface area contributed by atoms with Crippen LogP contribution in [-0.2, 0) is 11.6 Å². The Morgan fingerprint density at radius 1 is 1.22 bits per heavy atom. The van der Waals surface area contributed by atoms with E-state index in [0.29, 0.717) is 5.58 Å². The number of halogens is 3. The first kappa shape index (κ1) is 17.9. The summed E-state index contributed by atoms with van der Waals surface area (Å²) in [6, 6.07) is 11.4. The van der Waals surface area contributed by atoms with Crippen LogP contribution in [0.15, 0.2) is 45.7 Å². The second-order valence-electron chi connectivity index (χ2n) is 6.54. The predicted octanol–water partition coefficient (Wildman–Crippen LogP) is 6.18. The maximum absolute atomic E-state index is 12.9. The molecule has 7 heteroatoms. The van der Waals surface area contributed by atoms with E-state index in [4.69, 9.17) is 4.42 Å². The number of alkyl halides is 3. The Morgan fingerprint density at radius 3 is 2.63 bits per heavy atom. The van der Waals surface area contributed by atoms with E-state index in [9.17, 15) is 18.4 Å². The summed E-state index contributed by atoms with van der Waals surface area (Å²) in [6.07, 6.45) is -2.72.